The number of nitrogens with zero attached hydrogens (tertiary/aromatic N) is 2. The van der Waals surface area contributed by atoms with Crippen LogP contribution in [0.2, 0.25) is 5.15 Å². The van der Waals surface area contributed by atoms with Crippen LogP contribution in [-0.2, 0) is 10.0 Å². The number of halogens is 1. The maximum absolute atomic E-state index is 12.1. The number of benzene rings is 1. The number of non-ortho nitro benzene ring substituents is 1. The van der Waals surface area contributed by atoms with Crippen molar-refractivity contribution in [3.8, 4) is 0 Å². The summed E-state index contributed by atoms with van der Waals surface area (Å²) in [5.74, 6) is 0. The summed E-state index contributed by atoms with van der Waals surface area (Å²) in [5, 5.41) is 10.7. The zero-order chi connectivity index (χ0) is 14.8. The fraction of sp³-hybridized carbons (Fsp3) is 0. The molecule has 0 bridgehead atoms. The van der Waals surface area contributed by atoms with Crippen molar-refractivity contribution in [1.29, 1.82) is 0 Å². The second-order valence-corrected chi connectivity index (χ2v) is 5.80. The van der Waals surface area contributed by atoms with Crippen molar-refractivity contribution in [1.82, 2.24) is 4.98 Å². The molecular weight excluding hydrogens is 306 g/mol. The minimum atomic E-state index is -3.88. The molecule has 0 atom stereocenters. The molecule has 0 aliphatic carbocycles. The SMILES string of the molecule is O=[N+]([O-])c1cccc(NS(=O)(=O)c2ccnc(Cl)c2)c1. The highest BCUT2D eigenvalue weighted by Crippen LogP contribution is 2.21. The maximum Gasteiger partial charge on any atom is 0.271 e. The highest BCUT2D eigenvalue weighted by Gasteiger charge is 2.16. The van der Waals surface area contributed by atoms with Gasteiger partial charge in [-0.3, -0.25) is 14.8 Å². The molecule has 2 rings (SSSR count). The number of nitro groups is 1. The number of rotatable bonds is 4. The molecule has 0 unspecified atom stereocenters. The number of hydrogen-bond donors (Lipinski definition) is 1. The van der Waals surface area contributed by atoms with Crippen LogP contribution in [0.25, 0.3) is 0 Å². The van der Waals surface area contributed by atoms with Gasteiger partial charge in [0.2, 0.25) is 0 Å². The summed E-state index contributed by atoms with van der Waals surface area (Å²) in [7, 11) is -3.88. The van der Waals surface area contributed by atoms with Gasteiger partial charge in [-0.1, -0.05) is 17.7 Å². The van der Waals surface area contributed by atoms with Gasteiger partial charge in [0.05, 0.1) is 15.5 Å². The third-order valence-corrected chi connectivity index (χ3v) is 3.90. The van der Waals surface area contributed by atoms with Crippen LogP contribution in [-0.4, -0.2) is 18.3 Å². The Hall–Kier alpha value is -2.19. The highest BCUT2D eigenvalue weighted by molar-refractivity contribution is 7.92. The second kappa shape index (κ2) is 5.43. The lowest BCUT2D eigenvalue weighted by Crippen LogP contribution is -2.13. The first-order valence-corrected chi connectivity index (χ1v) is 7.13. The van der Waals surface area contributed by atoms with Crippen molar-refractivity contribution in [2.75, 3.05) is 4.72 Å². The normalized spacial score (nSPS) is 11.1. The molecule has 0 fully saturated rings. The largest absolute Gasteiger partial charge is 0.279 e. The minimum Gasteiger partial charge on any atom is -0.279 e. The smallest absolute Gasteiger partial charge is 0.271 e. The Bertz CT molecular complexity index is 764. The van der Waals surface area contributed by atoms with Crippen LogP contribution >= 0.6 is 11.6 Å². The van der Waals surface area contributed by atoms with Crippen molar-refractivity contribution in [3.63, 3.8) is 0 Å². The Morgan fingerprint density at radius 2 is 2.00 bits per heavy atom. The molecule has 104 valence electrons. The van der Waals surface area contributed by atoms with Crippen LogP contribution in [0.15, 0.2) is 47.5 Å². The van der Waals surface area contributed by atoms with E-state index in [1.54, 1.807) is 0 Å². The molecular formula is C11H8ClN3O4S. The molecule has 7 nitrogen and oxygen atoms in total. The van der Waals surface area contributed by atoms with E-state index in [1.165, 1.54) is 36.5 Å². The number of nitro benzene ring substituents is 1. The van der Waals surface area contributed by atoms with Crippen LogP contribution in [0, 0.1) is 10.1 Å². The van der Waals surface area contributed by atoms with Crippen molar-refractivity contribution >= 4 is 33.0 Å². The van der Waals surface area contributed by atoms with E-state index in [-0.39, 0.29) is 21.4 Å². The first-order chi connectivity index (χ1) is 9.38. The van der Waals surface area contributed by atoms with Crippen LogP contribution in [0.3, 0.4) is 0 Å². The minimum absolute atomic E-state index is 0.0342. The Balaban J connectivity index is 2.33. The van der Waals surface area contributed by atoms with Gasteiger partial charge in [-0.05, 0) is 18.2 Å². The van der Waals surface area contributed by atoms with Gasteiger partial charge in [-0.2, -0.15) is 0 Å². The lowest BCUT2D eigenvalue weighted by molar-refractivity contribution is -0.384. The number of hydrogen-bond acceptors (Lipinski definition) is 5. The Labute approximate surface area is 119 Å². The lowest BCUT2D eigenvalue weighted by Gasteiger charge is -2.07. The molecule has 0 radical (unpaired) electrons. The maximum atomic E-state index is 12.1. The molecule has 1 aromatic carbocycles. The van der Waals surface area contributed by atoms with Gasteiger partial charge in [-0.25, -0.2) is 13.4 Å². The van der Waals surface area contributed by atoms with Crippen LogP contribution in [0.5, 0.6) is 0 Å². The van der Waals surface area contributed by atoms with Gasteiger partial charge < -0.3 is 0 Å². The summed E-state index contributed by atoms with van der Waals surface area (Å²) < 4.78 is 26.4. The summed E-state index contributed by atoms with van der Waals surface area (Å²) in [5.41, 5.74) is -0.120. The molecule has 2 aromatic rings. The van der Waals surface area contributed by atoms with Gasteiger partial charge >= 0.3 is 0 Å². The van der Waals surface area contributed by atoms with Gasteiger partial charge in [0.1, 0.15) is 5.15 Å². The van der Waals surface area contributed by atoms with E-state index in [1.807, 2.05) is 0 Å². The first-order valence-electron chi connectivity index (χ1n) is 5.27. The summed E-state index contributed by atoms with van der Waals surface area (Å²) in [6, 6.07) is 7.64. The van der Waals surface area contributed by atoms with Crippen LogP contribution < -0.4 is 4.72 Å². The van der Waals surface area contributed by atoms with Gasteiger partial charge in [-0.15, -0.1) is 0 Å². The standard InChI is InChI=1S/C11H8ClN3O4S/c12-11-7-10(4-5-13-11)20(18,19)14-8-2-1-3-9(6-8)15(16)17/h1-7,14H. The fourth-order valence-electron chi connectivity index (χ4n) is 1.45. The third kappa shape index (κ3) is 3.22. The molecule has 9 heteroatoms. The van der Waals surface area contributed by atoms with Crippen molar-refractivity contribution < 1.29 is 13.3 Å². The average molecular weight is 314 g/mol. The van der Waals surface area contributed by atoms with E-state index in [9.17, 15) is 18.5 Å². The lowest BCUT2D eigenvalue weighted by atomic mass is 10.3. The molecule has 0 saturated heterocycles. The number of pyridine rings is 1. The number of anilines is 1. The summed E-state index contributed by atoms with van der Waals surface area (Å²) in [6.07, 6.45) is 1.25. The van der Waals surface area contributed by atoms with Crippen molar-refractivity contribution in [2.24, 2.45) is 0 Å². The highest BCUT2D eigenvalue weighted by atomic mass is 35.5. The van der Waals surface area contributed by atoms with E-state index >= 15 is 0 Å². The number of nitrogens with one attached hydrogen (secondary N) is 1. The monoisotopic (exact) mass is 313 g/mol. The molecule has 1 heterocycles. The van der Waals surface area contributed by atoms with E-state index < -0.39 is 14.9 Å². The first kappa shape index (κ1) is 14.2. The zero-order valence-corrected chi connectivity index (χ0v) is 11.4. The van der Waals surface area contributed by atoms with E-state index in [2.05, 4.69) is 9.71 Å². The van der Waals surface area contributed by atoms with Gasteiger partial charge in [0.15, 0.2) is 0 Å². The van der Waals surface area contributed by atoms with Gasteiger partial charge in [0, 0.05) is 18.3 Å². The van der Waals surface area contributed by atoms with Gasteiger partial charge in [0.25, 0.3) is 15.7 Å². The number of sulfonamides is 1. The molecule has 0 saturated carbocycles. The number of aromatic nitrogens is 1. The van der Waals surface area contributed by atoms with Crippen LogP contribution in [0.4, 0.5) is 11.4 Å². The van der Waals surface area contributed by atoms with Crippen molar-refractivity contribution in [2.45, 2.75) is 4.90 Å². The molecule has 0 spiro atoms. The molecule has 0 amide bonds. The summed E-state index contributed by atoms with van der Waals surface area (Å²) in [4.78, 5) is 13.6. The fourth-order valence-corrected chi connectivity index (χ4v) is 2.75. The predicted molar refractivity (Wildman–Crippen MR) is 73.2 cm³/mol. The van der Waals surface area contributed by atoms with Crippen molar-refractivity contribution in [3.05, 3.63) is 57.9 Å². The summed E-state index contributed by atoms with van der Waals surface area (Å²) in [6.45, 7) is 0. The Morgan fingerprint density at radius 1 is 1.25 bits per heavy atom. The predicted octanol–water partition coefficient (Wildman–Crippen LogP) is 2.44. The zero-order valence-electron chi connectivity index (χ0n) is 9.86. The molecule has 1 N–H and O–H groups in total. The quantitative estimate of drug-likeness (QED) is 0.530. The van der Waals surface area contributed by atoms with E-state index in [4.69, 9.17) is 11.6 Å². The average Bonchev–Trinajstić information content (AvgIpc) is 2.38. The molecule has 0 aliphatic rings. The summed E-state index contributed by atoms with van der Waals surface area (Å²) >= 11 is 5.63. The van der Waals surface area contributed by atoms with E-state index in [0.29, 0.717) is 0 Å². The third-order valence-electron chi connectivity index (χ3n) is 2.32. The van der Waals surface area contributed by atoms with Crippen LogP contribution in [0.1, 0.15) is 0 Å². The molecule has 0 aliphatic heterocycles. The van der Waals surface area contributed by atoms with E-state index in [0.717, 1.165) is 6.07 Å². The Morgan fingerprint density at radius 3 is 2.65 bits per heavy atom. The topological polar surface area (TPSA) is 102 Å². The molecule has 1 aromatic heterocycles. The second-order valence-electron chi connectivity index (χ2n) is 3.73. The molecule has 20 heavy (non-hydrogen) atoms. The Kier molecular flexibility index (Phi) is 3.86.